The quantitative estimate of drug-likeness (QED) is 0.129. The number of guanidine groups is 1. The Morgan fingerprint density at radius 2 is 1.71 bits per heavy atom. The molecule has 1 fully saturated rings. The van der Waals surface area contributed by atoms with Gasteiger partial charge in [0.1, 0.15) is 17.9 Å². The molecule has 3 aromatic carbocycles. The molecule has 0 bridgehead atoms. The first-order valence-electron chi connectivity index (χ1n) is 15.2. The Kier molecular flexibility index (Phi) is 11.4. The molecule has 1 aliphatic rings. The molecule has 45 heavy (non-hydrogen) atoms. The van der Waals surface area contributed by atoms with Gasteiger partial charge in [0.15, 0.2) is 5.96 Å². The van der Waals surface area contributed by atoms with Gasteiger partial charge in [-0.1, -0.05) is 61.5 Å². The van der Waals surface area contributed by atoms with Crippen LogP contribution in [-0.4, -0.2) is 78.9 Å². The number of nitrogens with zero attached hydrogens (tertiary/aromatic N) is 2. The summed E-state index contributed by atoms with van der Waals surface area (Å²) in [4.78, 5) is 46.3. The van der Waals surface area contributed by atoms with Crippen LogP contribution in [0.5, 0.6) is 0 Å². The van der Waals surface area contributed by atoms with Crippen molar-refractivity contribution >= 4 is 34.5 Å². The summed E-state index contributed by atoms with van der Waals surface area (Å²) >= 11 is 0. The zero-order valence-electron chi connectivity index (χ0n) is 25.7. The fourth-order valence-electron chi connectivity index (χ4n) is 5.75. The summed E-state index contributed by atoms with van der Waals surface area (Å²) in [5.74, 6) is -1.48. The summed E-state index contributed by atoms with van der Waals surface area (Å²) in [5.41, 5.74) is 19.3. The van der Waals surface area contributed by atoms with Crippen molar-refractivity contribution < 1.29 is 18.8 Å². The van der Waals surface area contributed by atoms with Gasteiger partial charge >= 0.3 is 0 Å². The molecule has 1 unspecified atom stereocenters. The van der Waals surface area contributed by atoms with Crippen molar-refractivity contribution in [2.75, 3.05) is 20.1 Å². The predicted molar refractivity (Wildman–Crippen MR) is 174 cm³/mol. The van der Waals surface area contributed by atoms with E-state index in [-0.39, 0.29) is 55.1 Å². The average molecular weight is 619 g/mol. The van der Waals surface area contributed by atoms with E-state index in [1.807, 2.05) is 49.4 Å². The highest BCUT2D eigenvalue weighted by Crippen LogP contribution is 2.22. The maximum atomic E-state index is 14.2. The lowest BCUT2D eigenvalue weighted by molar-refractivity contribution is -0.141. The molecule has 0 spiro atoms. The third-order valence-electron chi connectivity index (χ3n) is 8.20. The maximum absolute atomic E-state index is 14.2. The minimum Gasteiger partial charge on any atom is -0.370 e. The molecular formula is C33H43FN8O3. The lowest BCUT2D eigenvalue weighted by Gasteiger charge is -2.33. The first-order chi connectivity index (χ1) is 21.6. The highest BCUT2D eigenvalue weighted by molar-refractivity contribution is 5.91. The second-order valence-electron chi connectivity index (χ2n) is 11.4. The molecule has 9 N–H and O–H groups in total. The maximum Gasteiger partial charge on any atom is 0.242 e. The van der Waals surface area contributed by atoms with Gasteiger partial charge in [-0.15, -0.1) is 0 Å². The Hall–Kier alpha value is -4.55. The van der Waals surface area contributed by atoms with E-state index in [0.717, 1.165) is 21.9 Å². The lowest BCUT2D eigenvalue weighted by atomic mass is 9.98. The minimum absolute atomic E-state index is 0.150. The van der Waals surface area contributed by atoms with E-state index in [2.05, 4.69) is 20.9 Å². The summed E-state index contributed by atoms with van der Waals surface area (Å²) in [6.07, 6.45) is 1.44. The molecule has 1 heterocycles. The lowest BCUT2D eigenvalue weighted by Crippen LogP contribution is -2.58. The number of nitrogens with two attached hydrogens (primary N) is 3. The van der Waals surface area contributed by atoms with E-state index < -0.39 is 24.2 Å². The van der Waals surface area contributed by atoms with Gasteiger partial charge in [0, 0.05) is 32.6 Å². The first kappa shape index (κ1) is 33.3. The van der Waals surface area contributed by atoms with E-state index in [0.29, 0.717) is 19.3 Å². The molecular weight excluding hydrogens is 575 g/mol. The summed E-state index contributed by atoms with van der Waals surface area (Å²) in [6, 6.07) is 16.4. The van der Waals surface area contributed by atoms with Gasteiger partial charge in [-0.2, -0.15) is 0 Å². The van der Waals surface area contributed by atoms with E-state index in [1.54, 1.807) is 24.1 Å². The fourth-order valence-corrected chi connectivity index (χ4v) is 5.75. The second kappa shape index (κ2) is 15.4. The molecule has 0 radical (unpaired) electrons. The van der Waals surface area contributed by atoms with Crippen LogP contribution in [0.2, 0.25) is 0 Å². The van der Waals surface area contributed by atoms with Crippen LogP contribution in [0.1, 0.15) is 30.9 Å². The Balaban J connectivity index is 1.55. The Bertz CT molecular complexity index is 1510. The largest absolute Gasteiger partial charge is 0.370 e. The van der Waals surface area contributed by atoms with Crippen LogP contribution in [0.25, 0.3) is 10.8 Å². The van der Waals surface area contributed by atoms with Gasteiger partial charge in [0.25, 0.3) is 0 Å². The van der Waals surface area contributed by atoms with Crippen molar-refractivity contribution in [2.24, 2.45) is 22.2 Å². The number of hydrogen-bond acceptors (Lipinski definition) is 6. The molecule has 11 nitrogen and oxygen atoms in total. The number of carbonyl (C=O) groups is 3. The number of nitrogens with one attached hydrogen (secondary N) is 3. The smallest absolute Gasteiger partial charge is 0.242 e. The van der Waals surface area contributed by atoms with Crippen LogP contribution in [-0.2, 0) is 27.2 Å². The third kappa shape index (κ3) is 8.77. The second-order valence-corrected chi connectivity index (χ2v) is 11.4. The number of likely N-dealkylation sites (N-methyl/N-ethyl adjacent to an activating group) is 1. The summed E-state index contributed by atoms with van der Waals surface area (Å²) in [6.45, 7) is 2.31. The van der Waals surface area contributed by atoms with Crippen LogP contribution >= 0.6 is 0 Å². The Labute approximate surface area is 262 Å². The standard InChI is InChI=1S/C33H43FN8O3/c1-3-27(41-33(36)37)29-32(45)42(28(31(44)38-2)18-21-8-11-22-6-4-5-7-23(22)16-21)15-14-25(40-29)19-39-30(43)26(35)17-20-9-12-24(34)13-10-20/h4-13,16,25-29,40H,3,14-15,17-19,35H2,1-2H3,(H,38,44)(H,39,43)(H4,36,37,41)/t25-,26+,27?,28+,29+/m1/s1. The predicted octanol–water partition coefficient (Wildman–Crippen LogP) is 0.933. The van der Waals surface area contributed by atoms with Crippen molar-refractivity contribution in [1.82, 2.24) is 20.9 Å². The van der Waals surface area contributed by atoms with Gasteiger partial charge in [-0.25, -0.2) is 9.38 Å². The van der Waals surface area contributed by atoms with Crippen molar-refractivity contribution in [1.29, 1.82) is 0 Å². The number of fused-ring (bicyclic) bond motifs is 1. The molecule has 1 aliphatic heterocycles. The monoisotopic (exact) mass is 618 g/mol. The van der Waals surface area contributed by atoms with Crippen LogP contribution in [0.4, 0.5) is 4.39 Å². The van der Waals surface area contributed by atoms with Crippen LogP contribution in [0, 0.1) is 5.82 Å². The molecule has 0 aromatic heterocycles. The van der Waals surface area contributed by atoms with Crippen LogP contribution in [0.15, 0.2) is 71.7 Å². The van der Waals surface area contributed by atoms with Crippen LogP contribution < -0.4 is 33.2 Å². The van der Waals surface area contributed by atoms with E-state index in [4.69, 9.17) is 17.2 Å². The minimum atomic E-state index is -0.849. The van der Waals surface area contributed by atoms with Gasteiger partial charge in [0.2, 0.25) is 17.7 Å². The van der Waals surface area contributed by atoms with Gasteiger partial charge < -0.3 is 32.7 Å². The highest BCUT2D eigenvalue weighted by atomic mass is 19.1. The molecule has 0 aliphatic carbocycles. The van der Waals surface area contributed by atoms with Gasteiger partial charge in [-0.3, -0.25) is 19.7 Å². The zero-order chi connectivity index (χ0) is 32.5. The van der Waals surface area contributed by atoms with Gasteiger partial charge in [0.05, 0.1) is 12.1 Å². The summed E-state index contributed by atoms with van der Waals surface area (Å²) < 4.78 is 13.3. The van der Waals surface area contributed by atoms with Crippen molar-refractivity contribution in [3.8, 4) is 0 Å². The van der Waals surface area contributed by atoms with Crippen molar-refractivity contribution in [2.45, 2.75) is 62.8 Å². The average Bonchev–Trinajstić information content (AvgIpc) is 3.20. The van der Waals surface area contributed by atoms with E-state index in [9.17, 15) is 18.8 Å². The third-order valence-corrected chi connectivity index (χ3v) is 8.20. The number of amides is 3. The summed E-state index contributed by atoms with van der Waals surface area (Å²) in [7, 11) is 1.55. The molecule has 12 heteroatoms. The van der Waals surface area contributed by atoms with Gasteiger partial charge in [-0.05, 0) is 53.3 Å². The first-order valence-corrected chi connectivity index (χ1v) is 15.2. The normalized spacial score (nSPS) is 18.8. The number of benzene rings is 3. The topological polar surface area (TPSA) is 181 Å². The molecule has 4 rings (SSSR count). The fraction of sp³-hybridized carbons (Fsp3) is 0.394. The molecule has 3 amide bonds. The Morgan fingerprint density at radius 1 is 1.02 bits per heavy atom. The number of hydrogen-bond donors (Lipinski definition) is 6. The number of aliphatic imine (C=N–C) groups is 1. The van der Waals surface area contributed by atoms with Crippen LogP contribution in [0.3, 0.4) is 0 Å². The highest BCUT2D eigenvalue weighted by Gasteiger charge is 2.40. The SMILES string of the molecule is CCC(N=C(N)N)[C@@H]1N[C@@H](CNC(=O)[C@@H](N)Cc2ccc(F)cc2)CCN([C@@H](Cc2ccc3ccccc3c2)C(=O)NC)C1=O. The number of halogens is 1. The summed E-state index contributed by atoms with van der Waals surface area (Å²) in [5, 5.41) is 11.1. The van der Waals surface area contributed by atoms with E-state index in [1.165, 1.54) is 12.1 Å². The number of carbonyl (C=O) groups excluding carboxylic acids is 3. The molecule has 1 saturated heterocycles. The zero-order valence-corrected chi connectivity index (χ0v) is 25.7. The van der Waals surface area contributed by atoms with Crippen molar-refractivity contribution in [3.05, 3.63) is 83.7 Å². The van der Waals surface area contributed by atoms with Crippen molar-refractivity contribution in [3.63, 3.8) is 0 Å². The Morgan fingerprint density at radius 3 is 2.38 bits per heavy atom. The molecule has 3 aromatic rings. The molecule has 5 atom stereocenters. The number of rotatable bonds is 12. The molecule has 0 saturated carbocycles. The van der Waals surface area contributed by atoms with E-state index >= 15 is 0 Å². The molecule has 240 valence electrons.